The Morgan fingerprint density at radius 3 is 2.88 bits per heavy atom. The fraction of sp³-hybridized carbons (Fsp3) is 0.364. The van der Waals surface area contributed by atoms with Gasteiger partial charge in [-0.05, 0) is 19.1 Å². The standard InChI is InChI=1S/C11H14FN3O/c1-8-10(11(12)15(2)14-8)7-13-6-9-4-3-5-16-9/h3-5,13H,6-7H2,1-2H3. The lowest BCUT2D eigenvalue weighted by Gasteiger charge is -2.01. The Labute approximate surface area is 93.1 Å². The lowest BCUT2D eigenvalue weighted by atomic mass is 10.2. The number of aryl methyl sites for hydroxylation is 2. The molecule has 2 heterocycles. The molecule has 4 nitrogen and oxygen atoms in total. The highest BCUT2D eigenvalue weighted by molar-refractivity contribution is 5.17. The van der Waals surface area contributed by atoms with E-state index in [0.29, 0.717) is 24.3 Å². The molecule has 0 aliphatic carbocycles. The van der Waals surface area contributed by atoms with Crippen LogP contribution in [0.25, 0.3) is 0 Å². The van der Waals surface area contributed by atoms with E-state index in [4.69, 9.17) is 4.42 Å². The van der Waals surface area contributed by atoms with Gasteiger partial charge in [0.25, 0.3) is 0 Å². The van der Waals surface area contributed by atoms with Crippen LogP contribution in [0.1, 0.15) is 17.0 Å². The fourth-order valence-electron chi connectivity index (χ4n) is 1.60. The molecule has 0 bridgehead atoms. The van der Waals surface area contributed by atoms with Crippen LogP contribution in [0.5, 0.6) is 0 Å². The number of rotatable bonds is 4. The zero-order chi connectivity index (χ0) is 11.5. The van der Waals surface area contributed by atoms with Gasteiger partial charge in [-0.2, -0.15) is 9.49 Å². The van der Waals surface area contributed by atoms with Gasteiger partial charge < -0.3 is 9.73 Å². The van der Waals surface area contributed by atoms with Gasteiger partial charge in [-0.3, -0.25) is 0 Å². The van der Waals surface area contributed by atoms with Crippen LogP contribution in [0, 0.1) is 12.9 Å². The minimum absolute atomic E-state index is 0.288. The normalized spacial score (nSPS) is 10.9. The van der Waals surface area contributed by atoms with Crippen molar-refractivity contribution < 1.29 is 8.81 Å². The molecule has 16 heavy (non-hydrogen) atoms. The van der Waals surface area contributed by atoms with E-state index in [2.05, 4.69) is 10.4 Å². The van der Waals surface area contributed by atoms with Crippen LogP contribution < -0.4 is 5.32 Å². The number of aromatic nitrogens is 2. The Hall–Kier alpha value is -1.62. The number of nitrogens with one attached hydrogen (secondary N) is 1. The molecule has 2 rings (SSSR count). The Balaban J connectivity index is 1.95. The molecule has 0 aliphatic rings. The van der Waals surface area contributed by atoms with Crippen molar-refractivity contribution >= 4 is 0 Å². The van der Waals surface area contributed by atoms with Crippen molar-refractivity contribution in [3.8, 4) is 0 Å². The van der Waals surface area contributed by atoms with Gasteiger partial charge in [0.2, 0.25) is 5.95 Å². The molecule has 2 aromatic rings. The molecule has 5 heteroatoms. The Morgan fingerprint density at radius 1 is 1.50 bits per heavy atom. The molecule has 0 amide bonds. The van der Waals surface area contributed by atoms with Gasteiger partial charge in [-0.1, -0.05) is 0 Å². The highest BCUT2D eigenvalue weighted by atomic mass is 19.1. The first-order chi connectivity index (χ1) is 7.68. The first-order valence-electron chi connectivity index (χ1n) is 5.09. The van der Waals surface area contributed by atoms with E-state index in [1.807, 2.05) is 12.1 Å². The fourth-order valence-corrected chi connectivity index (χ4v) is 1.60. The average Bonchev–Trinajstić information content (AvgIpc) is 2.82. The van der Waals surface area contributed by atoms with E-state index >= 15 is 0 Å². The first kappa shape index (κ1) is 10.9. The number of hydrogen-bond donors (Lipinski definition) is 1. The third-order valence-electron chi connectivity index (χ3n) is 2.45. The summed E-state index contributed by atoms with van der Waals surface area (Å²) >= 11 is 0. The maximum absolute atomic E-state index is 13.5. The molecular weight excluding hydrogens is 209 g/mol. The van der Waals surface area contributed by atoms with Crippen LogP contribution in [-0.4, -0.2) is 9.78 Å². The van der Waals surface area contributed by atoms with Crippen molar-refractivity contribution in [2.75, 3.05) is 0 Å². The molecule has 2 aromatic heterocycles. The van der Waals surface area contributed by atoms with Crippen LogP contribution in [0.15, 0.2) is 22.8 Å². The summed E-state index contributed by atoms with van der Waals surface area (Å²) in [6, 6.07) is 3.70. The predicted molar refractivity (Wildman–Crippen MR) is 57.2 cm³/mol. The van der Waals surface area contributed by atoms with Crippen LogP contribution >= 0.6 is 0 Å². The highest BCUT2D eigenvalue weighted by Crippen LogP contribution is 2.10. The molecule has 0 aromatic carbocycles. The summed E-state index contributed by atoms with van der Waals surface area (Å²) < 4.78 is 19.9. The lowest BCUT2D eigenvalue weighted by molar-refractivity contribution is 0.469. The van der Waals surface area contributed by atoms with Crippen LogP contribution in [0.4, 0.5) is 4.39 Å². The third kappa shape index (κ3) is 2.14. The summed E-state index contributed by atoms with van der Waals surface area (Å²) in [6.45, 7) is 2.83. The number of nitrogens with zero attached hydrogens (tertiary/aromatic N) is 2. The van der Waals surface area contributed by atoms with E-state index in [1.54, 1.807) is 20.2 Å². The maximum Gasteiger partial charge on any atom is 0.215 e. The van der Waals surface area contributed by atoms with E-state index < -0.39 is 0 Å². The Kier molecular flexibility index (Phi) is 3.05. The molecule has 86 valence electrons. The SMILES string of the molecule is Cc1nn(C)c(F)c1CNCc1ccco1. The molecule has 0 saturated heterocycles. The van der Waals surface area contributed by atoms with E-state index in [9.17, 15) is 4.39 Å². The van der Waals surface area contributed by atoms with Crippen molar-refractivity contribution in [3.63, 3.8) is 0 Å². The van der Waals surface area contributed by atoms with Crippen LogP contribution in [0.3, 0.4) is 0 Å². The second-order valence-corrected chi connectivity index (χ2v) is 3.66. The van der Waals surface area contributed by atoms with Gasteiger partial charge in [-0.15, -0.1) is 0 Å². The molecule has 0 aliphatic heterocycles. The average molecular weight is 223 g/mol. The number of halogens is 1. The third-order valence-corrected chi connectivity index (χ3v) is 2.45. The molecular formula is C11H14FN3O. The second kappa shape index (κ2) is 4.49. The molecule has 0 spiro atoms. The summed E-state index contributed by atoms with van der Waals surface area (Å²) in [6.07, 6.45) is 1.62. The van der Waals surface area contributed by atoms with E-state index in [0.717, 1.165) is 5.76 Å². The zero-order valence-electron chi connectivity index (χ0n) is 9.33. The van der Waals surface area contributed by atoms with Crippen molar-refractivity contribution in [1.29, 1.82) is 0 Å². The zero-order valence-corrected chi connectivity index (χ0v) is 9.33. The minimum atomic E-state index is -0.288. The molecule has 0 saturated carbocycles. The van der Waals surface area contributed by atoms with Crippen molar-refractivity contribution in [2.45, 2.75) is 20.0 Å². The summed E-state index contributed by atoms with van der Waals surface area (Å²) in [5.74, 6) is 0.548. The molecule has 0 unspecified atom stereocenters. The summed E-state index contributed by atoms with van der Waals surface area (Å²) in [4.78, 5) is 0. The van der Waals surface area contributed by atoms with Crippen molar-refractivity contribution in [1.82, 2.24) is 15.1 Å². The van der Waals surface area contributed by atoms with Gasteiger partial charge >= 0.3 is 0 Å². The van der Waals surface area contributed by atoms with Gasteiger partial charge in [0.15, 0.2) is 0 Å². The van der Waals surface area contributed by atoms with E-state index in [1.165, 1.54) is 4.68 Å². The van der Waals surface area contributed by atoms with Gasteiger partial charge in [0, 0.05) is 19.2 Å². The van der Waals surface area contributed by atoms with Gasteiger partial charge in [0.05, 0.1) is 18.5 Å². The van der Waals surface area contributed by atoms with Gasteiger partial charge in [-0.25, -0.2) is 4.68 Å². The maximum atomic E-state index is 13.5. The highest BCUT2D eigenvalue weighted by Gasteiger charge is 2.11. The molecule has 0 atom stereocenters. The molecule has 1 N–H and O–H groups in total. The number of hydrogen-bond acceptors (Lipinski definition) is 3. The Morgan fingerprint density at radius 2 is 2.31 bits per heavy atom. The minimum Gasteiger partial charge on any atom is -0.468 e. The first-order valence-corrected chi connectivity index (χ1v) is 5.09. The van der Waals surface area contributed by atoms with Crippen LogP contribution in [-0.2, 0) is 20.1 Å². The molecule has 0 radical (unpaired) electrons. The molecule has 0 fully saturated rings. The number of furan rings is 1. The smallest absolute Gasteiger partial charge is 0.215 e. The van der Waals surface area contributed by atoms with Crippen molar-refractivity contribution in [3.05, 3.63) is 41.4 Å². The second-order valence-electron chi connectivity index (χ2n) is 3.66. The topological polar surface area (TPSA) is 43.0 Å². The summed E-state index contributed by atoms with van der Waals surface area (Å²) in [7, 11) is 1.60. The monoisotopic (exact) mass is 223 g/mol. The quantitative estimate of drug-likeness (QED) is 0.858. The lowest BCUT2D eigenvalue weighted by Crippen LogP contribution is -2.13. The van der Waals surface area contributed by atoms with Gasteiger partial charge in [0.1, 0.15) is 5.76 Å². The Bertz CT molecular complexity index is 462. The summed E-state index contributed by atoms with van der Waals surface area (Å²) in [5, 5.41) is 7.12. The van der Waals surface area contributed by atoms with E-state index in [-0.39, 0.29) is 5.95 Å². The van der Waals surface area contributed by atoms with Crippen molar-refractivity contribution in [2.24, 2.45) is 7.05 Å². The van der Waals surface area contributed by atoms with Crippen LogP contribution in [0.2, 0.25) is 0 Å². The summed E-state index contributed by atoms with van der Waals surface area (Å²) in [5.41, 5.74) is 1.32. The largest absolute Gasteiger partial charge is 0.468 e. The predicted octanol–water partition coefficient (Wildman–Crippen LogP) is 1.75.